The largest absolute Gasteiger partial charge is 0.457 e. The number of cyclic esters (lactones) is 1. The minimum Gasteiger partial charge on any atom is -0.457 e. The first-order valence-corrected chi connectivity index (χ1v) is 5.43. The van der Waals surface area contributed by atoms with E-state index in [1.807, 2.05) is 0 Å². The maximum atomic E-state index is 11.4. The molecule has 0 spiro atoms. The number of ketones is 1. The molecule has 0 amide bonds. The Morgan fingerprint density at radius 2 is 2.22 bits per heavy atom. The Kier molecular flexibility index (Phi) is 3.10. The lowest BCUT2D eigenvalue weighted by Gasteiger charge is -2.15. The van der Waals surface area contributed by atoms with Crippen molar-refractivity contribution in [1.29, 1.82) is 0 Å². The molecule has 94 valence electrons. The van der Waals surface area contributed by atoms with E-state index in [-0.39, 0.29) is 17.9 Å². The third kappa shape index (κ3) is 2.22. The third-order valence-corrected chi connectivity index (χ3v) is 2.94. The predicted molar refractivity (Wildman–Crippen MR) is 60.7 cm³/mol. The summed E-state index contributed by atoms with van der Waals surface area (Å²) >= 11 is 0. The van der Waals surface area contributed by atoms with E-state index in [9.17, 15) is 19.7 Å². The number of nitro groups is 1. The van der Waals surface area contributed by atoms with E-state index in [0.717, 1.165) is 0 Å². The lowest BCUT2D eigenvalue weighted by Crippen LogP contribution is -2.15. The molecule has 1 aliphatic rings. The second kappa shape index (κ2) is 4.56. The first-order valence-electron chi connectivity index (χ1n) is 5.43. The Morgan fingerprint density at radius 3 is 2.83 bits per heavy atom. The van der Waals surface area contributed by atoms with Crippen LogP contribution < -0.4 is 0 Å². The van der Waals surface area contributed by atoms with E-state index < -0.39 is 22.9 Å². The van der Waals surface area contributed by atoms with Gasteiger partial charge in [0.25, 0.3) is 5.69 Å². The van der Waals surface area contributed by atoms with Gasteiger partial charge in [-0.15, -0.1) is 0 Å². The highest BCUT2D eigenvalue weighted by Crippen LogP contribution is 2.36. The van der Waals surface area contributed by atoms with Crippen LogP contribution in [0.4, 0.5) is 5.69 Å². The molecule has 0 saturated carbocycles. The van der Waals surface area contributed by atoms with Gasteiger partial charge in [-0.3, -0.25) is 19.7 Å². The highest BCUT2D eigenvalue weighted by molar-refractivity contribution is 5.87. The Bertz CT molecular complexity index is 525. The van der Waals surface area contributed by atoms with E-state index in [2.05, 4.69) is 0 Å². The van der Waals surface area contributed by atoms with Gasteiger partial charge >= 0.3 is 5.97 Å². The summed E-state index contributed by atoms with van der Waals surface area (Å²) in [5.41, 5.74) is 0.396. The van der Waals surface area contributed by atoms with Crippen molar-refractivity contribution in [1.82, 2.24) is 0 Å². The minimum absolute atomic E-state index is 0.0304. The topological polar surface area (TPSA) is 86.5 Å². The van der Waals surface area contributed by atoms with Crippen LogP contribution in [0.5, 0.6) is 0 Å². The molecule has 1 aromatic carbocycles. The number of non-ortho nitro benzene ring substituents is 1. The average molecular weight is 249 g/mol. The number of nitro benzene ring substituents is 1. The summed E-state index contributed by atoms with van der Waals surface area (Å²) in [6.45, 7) is 1.39. The fraction of sp³-hybridized carbons (Fsp3) is 0.333. The molecule has 1 saturated heterocycles. The molecule has 0 radical (unpaired) electrons. The smallest absolute Gasteiger partial charge is 0.307 e. The SMILES string of the molecule is CC(=O)[C@@H]1CC(=O)O[C@H]1c1cccc([N+](=O)[O-])c1. The summed E-state index contributed by atoms with van der Waals surface area (Å²) in [5, 5.41) is 10.7. The Labute approximate surface area is 103 Å². The lowest BCUT2D eigenvalue weighted by atomic mass is 9.92. The summed E-state index contributed by atoms with van der Waals surface area (Å²) in [4.78, 5) is 32.8. The molecule has 2 rings (SSSR count). The average Bonchev–Trinajstić information content (AvgIpc) is 2.72. The summed E-state index contributed by atoms with van der Waals surface area (Å²) in [7, 11) is 0. The molecule has 0 unspecified atom stereocenters. The zero-order valence-corrected chi connectivity index (χ0v) is 9.66. The van der Waals surface area contributed by atoms with Crippen LogP contribution in [0.2, 0.25) is 0 Å². The minimum atomic E-state index is -0.713. The van der Waals surface area contributed by atoms with Crippen LogP contribution >= 0.6 is 0 Å². The normalized spacial score (nSPS) is 22.6. The van der Waals surface area contributed by atoms with Crippen LogP contribution in [-0.2, 0) is 14.3 Å². The molecule has 1 aliphatic heterocycles. The number of benzene rings is 1. The summed E-state index contributed by atoms with van der Waals surface area (Å²) in [5.74, 6) is -1.16. The van der Waals surface area contributed by atoms with Gasteiger partial charge in [0.15, 0.2) is 0 Å². The number of carbonyl (C=O) groups is 2. The van der Waals surface area contributed by atoms with Crippen LogP contribution in [0.25, 0.3) is 0 Å². The van der Waals surface area contributed by atoms with Crippen LogP contribution in [0, 0.1) is 16.0 Å². The van der Waals surface area contributed by atoms with Gasteiger partial charge in [0.1, 0.15) is 11.9 Å². The van der Waals surface area contributed by atoms with Crippen molar-refractivity contribution in [3.8, 4) is 0 Å². The van der Waals surface area contributed by atoms with Crippen molar-refractivity contribution >= 4 is 17.4 Å². The van der Waals surface area contributed by atoms with Gasteiger partial charge in [-0.2, -0.15) is 0 Å². The zero-order valence-electron chi connectivity index (χ0n) is 9.66. The van der Waals surface area contributed by atoms with Gasteiger partial charge in [-0.25, -0.2) is 0 Å². The van der Waals surface area contributed by atoms with Crippen molar-refractivity contribution in [3.05, 3.63) is 39.9 Å². The zero-order chi connectivity index (χ0) is 13.3. The second-order valence-electron chi connectivity index (χ2n) is 4.18. The predicted octanol–water partition coefficient (Wildman–Crippen LogP) is 1.79. The third-order valence-electron chi connectivity index (χ3n) is 2.94. The Balaban J connectivity index is 2.35. The maximum Gasteiger partial charge on any atom is 0.307 e. The molecule has 18 heavy (non-hydrogen) atoms. The fourth-order valence-corrected chi connectivity index (χ4v) is 2.03. The molecule has 2 atom stereocenters. The molecular formula is C12H11NO5. The second-order valence-corrected chi connectivity index (χ2v) is 4.18. The molecule has 1 fully saturated rings. The quantitative estimate of drug-likeness (QED) is 0.463. The number of Topliss-reactive ketones (excluding diaryl/α,β-unsaturated/α-hetero) is 1. The monoisotopic (exact) mass is 249 g/mol. The van der Waals surface area contributed by atoms with Crippen LogP contribution in [0.15, 0.2) is 24.3 Å². The standard InChI is InChI=1S/C12H11NO5/c1-7(14)10-6-11(15)18-12(10)8-3-2-4-9(5-8)13(16)17/h2-5,10,12H,6H2,1H3/t10-,12-/m0/s1. The van der Waals surface area contributed by atoms with Crippen molar-refractivity contribution in [2.24, 2.45) is 5.92 Å². The van der Waals surface area contributed by atoms with Crippen LogP contribution in [0.3, 0.4) is 0 Å². The number of carbonyl (C=O) groups excluding carboxylic acids is 2. The number of rotatable bonds is 3. The summed E-state index contributed by atoms with van der Waals surface area (Å²) in [6, 6.07) is 5.81. The van der Waals surface area contributed by atoms with E-state index in [1.165, 1.54) is 25.1 Å². The Morgan fingerprint density at radius 1 is 1.50 bits per heavy atom. The van der Waals surface area contributed by atoms with Crippen molar-refractivity contribution in [2.75, 3.05) is 0 Å². The Hall–Kier alpha value is -2.24. The van der Waals surface area contributed by atoms with Gasteiger partial charge in [0, 0.05) is 12.1 Å². The van der Waals surface area contributed by atoms with Gasteiger partial charge in [-0.1, -0.05) is 12.1 Å². The molecule has 0 aliphatic carbocycles. The highest BCUT2D eigenvalue weighted by atomic mass is 16.6. The van der Waals surface area contributed by atoms with Gasteiger partial charge in [0.05, 0.1) is 17.3 Å². The lowest BCUT2D eigenvalue weighted by molar-refractivity contribution is -0.385. The number of hydrogen-bond acceptors (Lipinski definition) is 5. The number of esters is 1. The first-order chi connectivity index (χ1) is 8.49. The molecular weight excluding hydrogens is 238 g/mol. The van der Waals surface area contributed by atoms with E-state index in [0.29, 0.717) is 5.56 Å². The summed E-state index contributed by atoms with van der Waals surface area (Å²) in [6.07, 6.45) is -0.683. The van der Waals surface area contributed by atoms with Gasteiger partial charge < -0.3 is 4.74 Å². The molecule has 6 nitrogen and oxygen atoms in total. The van der Waals surface area contributed by atoms with E-state index in [1.54, 1.807) is 6.07 Å². The van der Waals surface area contributed by atoms with E-state index in [4.69, 9.17) is 4.74 Å². The molecule has 0 N–H and O–H groups in total. The van der Waals surface area contributed by atoms with E-state index >= 15 is 0 Å². The van der Waals surface area contributed by atoms with Crippen molar-refractivity contribution in [3.63, 3.8) is 0 Å². The number of hydrogen-bond donors (Lipinski definition) is 0. The number of ether oxygens (including phenoxy) is 1. The maximum absolute atomic E-state index is 11.4. The van der Waals surface area contributed by atoms with Crippen LogP contribution in [0.1, 0.15) is 25.0 Å². The molecule has 1 heterocycles. The molecule has 1 aromatic rings. The van der Waals surface area contributed by atoms with Gasteiger partial charge in [0.2, 0.25) is 0 Å². The number of nitrogens with zero attached hydrogens (tertiary/aromatic N) is 1. The summed E-state index contributed by atoms with van der Waals surface area (Å²) < 4.78 is 5.07. The van der Waals surface area contributed by atoms with Crippen LogP contribution in [-0.4, -0.2) is 16.7 Å². The molecule has 0 bridgehead atoms. The molecule has 6 heteroatoms. The van der Waals surface area contributed by atoms with Crippen molar-refractivity contribution < 1.29 is 19.2 Å². The fourth-order valence-electron chi connectivity index (χ4n) is 2.03. The first kappa shape index (κ1) is 12.2. The molecule has 0 aromatic heterocycles. The van der Waals surface area contributed by atoms with Gasteiger partial charge in [-0.05, 0) is 12.5 Å². The van der Waals surface area contributed by atoms with Crippen molar-refractivity contribution in [2.45, 2.75) is 19.4 Å². The highest BCUT2D eigenvalue weighted by Gasteiger charge is 2.39.